The molecule has 2 rings (SSSR count). The van der Waals surface area contributed by atoms with Gasteiger partial charge >= 0.3 is 5.97 Å². The van der Waals surface area contributed by atoms with Gasteiger partial charge in [0.2, 0.25) is 0 Å². The highest BCUT2D eigenvalue weighted by Crippen LogP contribution is 2.20. The van der Waals surface area contributed by atoms with Crippen molar-refractivity contribution in [3.63, 3.8) is 0 Å². The molecule has 2 aromatic carbocycles. The molecule has 0 unspecified atom stereocenters. The van der Waals surface area contributed by atoms with Crippen LogP contribution < -0.4 is 10.1 Å². The molecule has 1 amide bonds. The second kappa shape index (κ2) is 8.36. The Morgan fingerprint density at radius 2 is 1.92 bits per heavy atom. The van der Waals surface area contributed by atoms with Gasteiger partial charge in [-0.3, -0.25) is 4.79 Å². The number of amides is 1. The van der Waals surface area contributed by atoms with Crippen molar-refractivity contribution in [2.75, 3.05) is 18.5 Å². The number of nitrogens with one attached hydrogen (secondary N) is 1. The first-order valence-electron chi connectivity index (χ1n) is 7.46. The lowest BCUT2D eigenvalue weighted by Crippen LogP contribution is -2.21. The third-order valence-corrected chi connectivity index (χ3v) is 3.50. The predicted octanol–water partition coefficient (Wildman–Crippen LogP) is 3.84. The van der Waals surface area contributed by atoms with Crippen molar-refractivity contribution in [3.05, 3.63) is 58.6 Å². The monoisotopic (exact) mass is 347 g/mol. The van der Waals surface area contributed by atoms with Crippen LogP contribution in [0.1, 0.15) is 22.8 Å². The molecule has 0 aliphatic carbocycles. The summed E-state index contributed by atoms with van der Waals surface area (Å²) >= 11 is 5.86. The van der Waals surface area contributed by atoms with E-state index in [0.29, 0.717) is 34.2 Å². The Labute approximate surface area is 145 Å². The molecule has 0 atom stereocenters. The van der Waals surface area contributed by atoms with Crippen LogP contribution in [0.2, 0.25) is 5.02 Å². The molecular weight excluding hydrogens is 330 g/mol. The van der Waals surface area contributed by atoms with E-state index in [1.807, 2.05) is 0 Å². The van der Waals surface area contributed by atoms with Crippen LogP contribution in [-0.4, -0.2) is 25.1 Å². The molecule has 0 spiro atoms. The molecule has 5 nitrogen and oxygen atoms in total. The zero-order valence-electron chi connectivity index (χ0n) is 13.5. The number of anilines is 1. The van der Waals surface area contributed by atoms with E-state index in [4.69, 9.17) is 21.1 Å². The summed E-state index contributed by atoms with van der Waals surface area (Å²) in [6, 6.07) is 11.9. The van der Waals surface area contributed by atoms with Crippen LogP contribution in [-0.2, 0) is 9.53 Å². The maximum absolute atomic E-state index is 12.0. The molecule has 0 fully saturated rings. The molecule has 126 valence electrons. The molecule has 0 saturated heterocycles. The maximum atomic E-state index is 12.0. The van der Waals surface area contributed by atoms with Gasteiger partial charge < -0.3 is 14.8 Å². The molecule has 0 aliphatic heterocycles. The van der Waals surface area contributed by atoms with Crippen LogP contribution in [0.4, 0.5) is 5.69 Å². The number of halogens is 1. The standard InChI is InChI=1S/C18H18ClNO4/c1-3-23-18(22)15-8-5-9-16(12(15)2)20-17(21)11-24-14-7-4-6-13(19)10-14/h4-10H,3,11H2,1-2H3,(H,20,21). The van der Waals surface area contributed by atoms with Gasteiger partial charge in [-0.25, -0.2) is 4.79 Å². The Bertz CT molecular complexity index is 746. The predicted molar refractivity (Wildman–Crippen MR) is 92.7 cm³/mol. The van der Waals surface area contributed by atoms with E-state index in [2.05, 4.69) is 5.32 Å². The van der Waals surface area contributed by atoms with Gasteiger partial charge in [-0.15, -0.1) is 0 Å². The lowest BCUT2D eigenvalue weighted by atomic mass is 10.1. The first-order chi connectivity index (χ1) is 11.5. The summed E-state index contributed by atoms with van der Waals surface area (Å²) in [7, 11) is 0. The summed E-state index contributed by atoms with van der Waals surface area (Å²) in [5, 5.41) is 3.26. The van der Waals surface area contributed by atoms with Gasteiger partial charge in [-0.2, -0.15) is 0 Å². The summed E-state index contributed by atoms with van der Waals surface area (Å²) < 4.78 is 10.4. The molecule has 24 heavy (non-hydrogen) atoms. The summed E-state index contributed by atoms with van der Waals surface area (Å²) in [6.45, 7) is 3.62. The van der Waals surface area contributed by atoms with E-state index in [9.17, 15) is 9.59 Å². The Balaban J connectivity index is 2.01. The number of benzene rings is 2. The molecule has 0 aliphatic rings. The SMILES string of the molecule is CCOC(=O)c1cccc(NC(=O)COc2cccc(Cl)c2)c1C. The van der Waals surface area contributed by atoms with Crippen molar-refractivity contribution in [1.82, 2.24) is 0 Å². The average molecular weight is 348 g/mol. The van der Waals surface area contributed by atoms with Gasteiger partial charge in [0.15, 0.2) is 6.61 Å². The topological polar surface area (TPSA) is 64.6 Å². The lowest BCUT2D eigenvalue weighted by molar-refractivity contribution is -0.118. The fourth-order valence-corrected chi connectivity index (χ4v) is 2.27. The van der Waals surface area contributed by atoms with Crippen LogP contribution in [0.25, 0.3) is 0 Å². The minimum Gasteiger partial charge on any atom is -0.484 e. The summed E-state index contributed by atoms with van der Waals surface area (Å²) in [5.74, 6) is -0.241. The van der Waals surface area contributed by atoms with E-state index >= 15 is 0 Å². The van der Waals surface area contributed by atoms with Crippen LogP contribution in [0.15, 0.2) is 42.5 Å². The Hall–Kier alpha value is -2.53. The smallest absolute Gasteiger partial charge is 0.338 e. The quantitative estimate of drug-likeness (QED) is 0.806. The fourth-order valence-electron chi connectivity index (χ4n) is 2.09. The number of hydrogen-bond acceptors (Lipinski definition) is 4. The number of rotatable bonds is 6. The van der Waals surface area contributed by atoms with Crippen molar-refractivity contribution in [2.45, 2.75) is 13.8 Å². The minimum atomic E-state index is -0.415. The van der Waals surface area contributed by atoms with E-state index < -0.39 is 5.97 Å². The highest BCUT2D eigenvalue weighted by atomic mass is 35.5. The van der Waals surface area contributed by atoms with Gasteiger partial charge in [0.25, 0.3) is 5.91 Å². The highest BCUT2D eigenvalue weighted by molar-refractivity contribution is 6.30. The van der Waals surface area contributed by atoms with Crippen molar-refractivity contribution in [2.24, 2.45) is 0 Å². The van der Waals surface area contributed by atoms with Gasteiger partial charge in [0, 0.05) is 10.7 Å². The number of esters is 1. The molecule has 0 bridgehead atoms. The van der Waals surface area contributed by atoms with E-state index in [-0.39, 0.29) is 12.5 Å². The number of carbonyl (C=O) groups excluding carboxylic acids is 2. The van der Waals surface area contributed by atoms with E-state index in [1.165, 1.54) is 0 Å². The largest absolute Gasteiger partial charge is 0.484 e. The molecule has 0 radical (unpaired) electrons. The highest BCUT2D eigenvalue weighted by Gasteiger charge is 2.14. The Morgan fingerprint density at radius 1 is 1.17 bits per heavy atom. The third-order valence-electron chi connectivity index (χ3n) is 3.27. The second-order valence-corrected chi connectivity index (χ2v) is 5.43. The zero-order valence-corrected chi connectivity index (χ0v) is 14.2. The normalized spacial score (nSPS) is 10.1. The van der Waals surface area contributed by atoms with Crippen molar-refractivity contribution < 1.29 is 19.1 Å². The molecule has 1 N–H and O–H groups in total. The molecule has 0 saturated carbocycles. The minimum absolute atomic E-state index is 0.163. The van der Waals surface area contributed by atoms with Crippen LogP contribution in [0.5, 0.6) is 5.75 Å². The van der Waals surface area contributed by atoms with E-state index in [1.54, 1.807) is 56.3 Å². The number of carbonyl (C=O) groups is 2. The molecule has 0 heterocycles. The van der Waals surface area contributed by atoms with Gasteiger partial charge in [0.05, 0.1) is 12.2 Å². The molecule has 0 aromatic heterocycles. The van der Waals surface area contributed by atoms with E-state index in [0.717, 1.165) is 0 Å². The summed E-state index contributed by atoms with van der Waals surface area (Å²) in [6.07, 6.45) is 0. The molecule has 6 heteroatoms. The van der Waals surface area contributed by atoms with Crippen LogP contribution in [0.3, 0.4) is 0 Å². The fraction of sp³-hybridized carbons (Fsp3) is 0.222. The molecule has 2 aromatic rings. The van der Waals surface area contributed by atoms with Crippen molar-refractivity contribution in [3.8, 4) is 5.75 Å². The first-order valence-corrected chi connectivity index (χ1v) is 7.84. The maximum Gasteiger partial charge on any atom is 0.338 e. The molecular formula is C18H18ClNO4. The van der Waals surface area contributed by atoms with Gasteiger partial charge in [0.1, 0.15) is 5.75 Å². The van der Waals surface area contributed by atoms with Crippen molar-refractivity contribution >= 4 is 29.2 Å². The third kappa shape index (κ3) is 4.73. The second-order valence-electron chi connectivity index (χ2n) is 4.99. The number of hydrogen-bond donors (Lipinski definition) is 1. The van der Waals surface area contributed by atoms with Gasteiger partial charge in [-0.1, -0.05) is 23.7 Å². The van der Waals surface area contributed by atoms with Crippen molar-refractivity contribution in [1.29, 1.82) is 0 Å². The summed E-state index contributed by atoms with van der Waals surface area (Å²) in [4.78, 5) is 23.9. The summed E-state index contributed by atoms with van der Waals surface area (Å²) in [5.41, 5.74) is 1.61. The number of ether oxygens (including phenoxy) is 2. The average Bonchev–Trinajstić information content (AvgIpc) is 2.55. The zero-order chi connectivity index (χ0) is 17.5. The Morgan fingerprint density at radius 3 is 2.62 bits per heavy atom. The van der Waals surface area contributed by atoms with Crippen LogP contribution in [0, 0.1) is 6.92 Å². The lowest BCUT2D eigenvalue weighted by Gasteiger charge is -2.12. The first kappa shape index (κ1) is 17.8. The Kier molecular flexibility index (Phi) is 6.21. The van der Waals surface area contributed by atoms with Crippen LogP contribution >= 0.6 is 11.6 Å². The van der Waals surface area contributed by atoms with Gasteiger partial charge in [-0.05, 0) is 49.7 Å².